The van der Waals surface area contributed by atoms with Crippen molar-refractivity contribution < 1.29 is 19.4 Å². The molecule has 2 aromatic rings. The number of aliphatic hydroxyl groups excluding tert-OH is 1. The molecule has 1 atom stereocenters. The number of aliphatic imine (C=N–C) groups is 2. The van der Waals surface area contributed by atoms with Gasteiger partial charge in [-0.05, 0) is 25.6 Å². The predicted molar refractivity (Wildman–Crippen MR) is 106 cm³/mol. The van der Waals surface area contributed by atoms with Gasteiger partial charge in [0.15, 0.2) is 11.6 Å². The van der Waals surface area contributed by atoms with Crippen LogP contribution in [0.2, 0.25) is 0 Å². The molecular formula is C19H20FN5O4. The number of anilines is 1. The molecule has 0 radical (unpaired) electrons. The highest BCUT2D eigenvalue weighted by Gasteiger charge is 2.33. The SMILES string of the molecule is C=NCC1CN(c2nc3c(cc2F)c(=O)c(C(=O)O)cn3C2CC2)C/C1=N\CO. The van der Waals surface area contributed by atoms with Crippen LogP contribution in [0.4, 0.5) is 10.2 Å². The zero-order valence-corrected chi connectivity index (χ0v) is 15.6. The van der Waals surface area contributed by atoms with Gasteiger partial charge in [-0.3, -0.25) is 9.79 Å². The molecule has 1 aliphatic carbocycles. The lowest BCUT2D eigenvalue weighted by Crippen LogP contribution is -2.25. The van der Waals surface area contributed by atoms with Crippen molar-refractivity contribution in [1.29, 1.82) is 0 Å². The van der Waals surface area contributed by atoms with Crippen LogP contribution in [-0.2, 0) is 0 Å². The second-order valence-electron chi connectivity index (χ2n) is 7.25. The lowest BCUT2D eigenvalue weighted by Gasteiger charge is -2.19. The maximum Gasteiger partial charge on any atom is 0.341 e. The summed E-state index contributed by atoms with van der Waals surface area (Å²) in [6.45, 7) is 4.17. The minimum absolute atomic E-state index is 0.0461. The summed E-state index contributed by atoms with van der Waals surface area (Å²) in [6.07, 6.45) is 2.98. The van der Waals surface area contributed by atoms with E-state index in [1.54, 1.807) is 9.47 Å². The third-order valence-corrected chi connectivity index (χ3v) is 5.30. The molecule has 9 nitrogen and oxygen atoms in total. The van der Waals surface area contributed by atoms with Crippen molar-refractivity contribution >= 4 is 35.2 Å². The topological polar surface area (TPSA) is 120 Å². The molecule has 2 fully saturated rings. The number of carboxylic acids is 1. The summed E-state index contributed by atoms with van der Waals surface area (Å²) in [5.74, 6) is -2.11. The average molecular weight is 401 g/mol. The van der Waals surface area contributed by atoms with Gasteiger partial charge < -0.3 is 24.7 Å². The number of fused-ring (bicyclic) bond motifs is 1. The molecule has 1 saturated heterocycles. The van der Waals surface area contributed by atoms with E-state index in [-0.39, 0.29) is 42.1 Å². The third kappa shape index (κ3) is 3.39. The molecule has 2 aromatic heterocycles. The first kappa shape index (κ1) is 19.2. The molecule has 2 N–H and O–H groups in total. The van der Waals surface area contributed by atoms with Crippen LogP contribution in [0.25, 0.3) is 11.0 Å². The molecule has 10 heteroatoms. The summed E-state index contributed by atoms with van der Waals surface area (Å²) in [4.78, 5) is 38.0. The number of hydrogen-bond donors (Lipinski definition) is 2. The number of nitrogens with zero attached hydrogens (tertiary/aromatic N) is 5. The van der Waals surface area contributed by atoms with E-state index in [1.807, 2.05) is 0 Å². The van der Waals surface area contributed by atoms with Crippen LogP contribution in [-0.4, -0.2) is 64.5 Å². The van der Waals surface area contributed by atoms with Gasteiger partial charge in [0.2, 0.25) is 5.43 Å². The molecule has 29 heavy (non-hydrogen) atoms. The summed E-state index contributed by atoms with van der Waals surface area (Å²) >= 11 is 0. The van der Waals surface area contributed by atoms with Gasteiger partial charge in [-0.15, -0.1) is 0 Å². The molecule has 1 aliphatic heterocycles. The molecule has 1 unspecified atom stereocenters. The monoisotopic (exact) mass is 401 g/mol. The van der Waals surface area contributed by atoms with E-state index in [1.165, 1.54) is 6.20 Å². The number of hydrogen-bond acceptors (Lipinski definition) is 7. The Kier molecular flexibility index (Phi) is 4.87. The second-order valence-corrected chi connectivity index (χ2v) is 7.25. The highest BCUT2D eigenvalue weighted by Crippen LogP contribution is 2.37. The molecule has 0 spiro atoms. The van der Waals surface area contributed by atoms with Crippen LogP contribution in [0.1, 0.15) is 29.2 Å². The number of pyridine rings is 2. The zero-order chi connectivity index (χ0) is 20.7. The molecule has 4 rings (SSSR count). The molecule has 0 aromatic carbocycles. The van der Waals surface area contributed by atoms with Crippen LogP contribution in [0.15, 0.2) is 27.0 Å². The number of carbonyl (C=O) groups is 1. The van der Waals surface area contributed by atoms with Crippen LogP contribution >= 0.6 is 0 Å². The lowest BCUT2D eigenvalue weighted by atomic mass is 10.1. The summed E-state index contributed by atoms with van der Waals surface area (Å²) in [7, 11) is 0. The summed E-state index contributed by atoms with van der Waals surface area (Å²) in [6, 6.07) is 1.11. The standard InChI is InChI=1S/C19H20FN5O4/c1-21-5-10-6-24(8-15(10)22-9-26)18-14(20)4-12-16(27)13(19(28)29)7-25(11-2-3-11)17(12)23-18/h4,7,10-11,26H,1-3,5-6,8-9H2,(H,28,29)/b22-15+. The van der Waals surface area contributed by atoms with E-state index in [2.05, 4.69) is 21.7 Å². The molecule has 0 amide bonds. The fraction of sp³-hybridized carbons (Fsp3) is 0.421. The lowest BCUT2D eigenvalue weighted by molar-refractivity contribution is 0.0695. The minimum Gasteiger partial charge on any atom is -0.477 e. The van der Waals surface area contributed by atoms with E-state index in [4.69, 9.17) is 5.11 Å². The quantitative estimate of drug-likeness (QED) is 0.700. The second kappa shape index (κ2) is 7.36. The molecular weight excluding hydrogens is 381 g/mol. The molecule has 1 saturated carbocycles. The van der Waals surface area contributed by atoms with Gasteiger partial charge >= 0.3 is 5.97 Å². The Morgan fingerprint density at radius 3 is 2.79 bits per heavy atom. The van der Waals surface area contributed by atoms with Crippen LogP contribution in [0, 0.1) is 11.7 Å². The Balaban J connectivity index is 1.84. The van der Waals surface area contributed by atoms with Crippen molar-refractivity contribution in [3.8, 4) is 0 Å². The maximum atomic E-state index is 14.9. The first-order valence-corrected chi connectivity index (χ1v) is 9.24. The summed E-state index contributed by atoms with van der Waals surface area (Å²) in [5.41, 5.74) is -0.194. The Hall–Kier alpha value is -3.14. The average Bonchev–Trinajstić information content (AvgIpc) is 3.45. The maximum absolute atomic E-state index is 14.9. The van der Waals surface area contributed by atoms with Gasteiger partial charge in [-0.25, -0.2) is 14.2 Å². The first-order chi connectivity index (χ1) is 13.9. The van der Waals surface area contributed by atoms with Crippen LogP contribution in [0.5, 0.6) is 0 Å². The van der Waals surface area contributed by atoms with Crippen LogP contribution in [0.3, 0.4) is 0 Å². The van der Waals surface area contributed by atoms with E-state index >= 15 is 0 Å². The van der Waals surface area contributed by atoms with Gasteiger partial charge in [0.1, 0.15) is 17.9 Å². The van der Waals surface area contributed by atoms with Crippen molar-refractivity contribution in [3.63, 3.8) is 0 Å². The summed E-state index contributed by atoms with van der Waals surface area (Å²) in [5, 5.41) is 18.4. The third-order valence-electron chi connectivity index (χ3n) is 5.30. The van der Waals surface area contributed by atoms with E-state index in [0.717, 1.165) is 18.9 Å². The first-order valence-electron chi connectivity index (χ1n) is 9.24. The van der Waals surface area contributed by atoms with Crippen molar-refractivity contribution in [2.45, 2.75) is 18.9 Å². The Labute approximate surface area is 164 Å². The Morgan fingerprint density at radius 2 is 2.17 bits per heavy atom. The van der Waals surface area contributed by atoms with Gasteiger partial charge in [-0.2, -0.15) is 0 Å². The number of aromatic carboxylic acids is 1. The minimum atomic E-state index is -1.35. The van der Waals surface area contributed by atoms with E-state index in [0.29, 0.717) is 18.8 Å². The smallest absolute Gasteiger partial charge is 0.341 e. The van der Waals surface area contributed by atoms with Crippen molar-refractivity contribution in [2.75, 3.05) is 31.3 Å². The van der Waals surface area contributed by atoms with E-state index < -0.39 is 22.8 Å². The molecule has 152 valence electrons. The van der Waals surface area contributed by atoms with Crippen molar-refractivity contribution in [3.05, 3.63) is 33.9 Å². The highest BCUT2D eigenvalue weighted by molar-refractivity contribution is 5.95. The number of aromatic nitrogens is 2. The highest BCUT2D eigenvalue weighted by atomic mass is 19.1. The zero-order valence-electron chi connectivity index (χ0n) is 15.6. The summed E-state index contributed by atoms with van der Waals surface area (Å²) < 4.78 is 16.6. The predicted octanol–water partition coefficient (Wildman–Crippen LogP) is 1.10. The number of halogens is 1. The number of carboxylic acid groups (broad SMARTS) is 1. The normalized spacial score (nSPS) is 20.6. The van der Waals surface area contributed by atoms with Gasteiger partial charge in [0.25, 0.3) is 0 Å². The fourth-order valence-electron chi connectivity index (χ4n) is 3.75. The molecule has 2 aliphatic rings. The Bertz CT molecular complexity index is 1090. The van der Waals surface area contributed by atoms with Gasteiger partial charge in [0, 0.05) is 37.0 Å². The number of rotatable bonds is 6. The fourth-order valence-corrected chi connectivity index (χ4v) is 3.75. The van der Waals surface area contributed by atoms with Gasteiger partial charge in [0.05, 0.1) is 11.9 Å². The largest absolute Gasteiger partial charge is 0.477 e. The van der Waals surface area contributed by atoms with E-state index in [9.17, 15) is 19.1 Å². The van der Waals surface area contributed by atoms with Crippen molar-refractivity contribution in [1.82, 2.24) is 9.55 Å². The van der Waals surface area contributed by atoms with Crippen LogP contribution < -0.4 is 10.3 Å². The van der Waals surface area contributed by atoms with Gasteiger partial charge in [-0.1, -0.05) is 0 Å². The Morgan fingerprint density at radius 1 is 1.41 bits per heavy atom. The molecule has 0 bridgehead atoms. The molecule has 3 heterocycles. The van der Waals surface area contributed by atoms with Crippen molar-refractivity contribution in [2.24, 2.45) is 15.9 Å². The number of aliphatic hydroxyl groups is 1.